The molecule has 2 aromatic rings. The fourth-order valence-corrected chi connectivity index (χ4v) is 2.25. The molecule has 0 atom stereocenters. The number of amides is 2. The Balaban J connectivity index is 2.06. The Morgan fingerprint density at radius 1 is 1.00 bits per heavy atom. The molecule has 23 heavy (non-hydrogen) atoms. The van der Waals surface area contributed by atoms with Gasteiger partial charge in [0.25, 0.3) is 5.91 Å². The predicted molar refractivity (Wildman–Crippen MR) is 95.6 cm³/mol. The maximum atomic E-state index is 12.2. The summed E-state index contributed by atoms with van der Waals surface area (Å²) in [6, 6.07) is 14.4. The third-order valence-corrected chi connectivity index (χ3v) is 3.26. The van der Waals surface area contributed by atoms with Crippen molar-refractivity contribution in [2.75, 3.05) is 10.6 Å². The van der Waals surface area contributed by atoms with E-state index in [-0.39, 0.29) is 16.9 Å². The van der Waals surface area contributed by atoms with Crippen molar-refractivity contribution >= 4 is 40.5 Å². The van der Waals surface area contributed by atoms with E-state index in [0.717, 1.165) is 16.9 Å². The minimum absolute atomic E-state index is 0.164. The maximum Gasteiger partial charge on any atom is 0.255 e. The van der Waals surface area contributed by atoms with Crippen molar-refractivity contribution in [1.29, 1.82) is 0 Å². The zero-order valence-electron chi connectivity index (χ0n) is 12.8. The van der Waals surface area contributed by atoms with E-state index in [1.807, 2.05) is 31.2 Å². The number of thiocarbonyl (C=S) groups is 1. The van der Waals surface area contributed by atoms with Gasteiger partial charge in [-0.05, 0) is 55.0 Å². The van der Waals surface area contributed by atoms with E-state index in [1.165, 1.54) is 6.92 Å². The van der Waals surface area contributed by atoms with Gasteiger partial charge in [-0.25, -0.2) is 0 Å². The van der Waals surface area contributed by atoms with E-state index in [9.17, 15) is 9.59 Å². The lowest BCUT2D eigenvalue weighted by atomic mass is 10.1. The highest BCUT2D eigenvalue weighted by molar-refractivity contribution is 7.80. The van der Waals surface area contributed by atoms with Crippen LogP contribution in [0.5, 0.6) is 0 Å². The van der Waals surface area contributed by atoms with E-state index < -0.39 is 0 Å². The van der Waals surface area contributed by atoms with Gasteiger partial charge in [-0.3, -0.25) is 9.59 Å². The third-order valence-electron chi connectivity index (χ3n) is 3.06. The third kappa shape index (κ3) is 4.89. The first kappa shape index (κ1) is 16.6. The number of carbonyl (C=O) groups is 2. The smallest absolute Gasteiger partial charge is 0.255 e. The summed E-state index contributed by atoms with van der Waals surface area (Å²) >= 11 is 5.01. The highest BCUT2D eigenvalue weighted by atomic mass is 32.1. The fourth-order valence-electron chi connectivity index (χ4n) is 1.99. The number of nitrogens with one attached hydrogen (secondary N) is 3. The van der Waals surface area contributed by atoms with Crippen LogP contribution in [0.1, 0.15) is 22.8 Å². The molecule has 6 heteroatoms. The largest absolute Gasteiger partial charge is 0.332 e. The number of rotatable bonds is 3. The number of anilines is 2. The second-order valence-corrected chi connectivity index (χ2v) is 5.39. The molecule has 2 aromatic carbocycles. The molecule has 3 N–H and O–H groups in total. The van der Waals surface area contributed by atoms with Crippen LogP contribution >= 0.6 is 12.2 Å². The molecule has 0 radical (unpaired) electrons. The van der Waals surface area contributed by atoms with E-state index in [2.05, 4.69) is 16.0 Å². The first-order chi connectivity index (χ1) is 11.0. The van der Waals surface area contributed by atoms with Crippen molar-refractivity contribution in [1.82, 2.24) is 5.32 Å². The summed E-state index contributed by atoms with van der Waals surface area (Å²) in [7, 11) is 0. The summed E-state index contributed by atoms with van der Waals surface area (Å²) in [6.45, 7) is 3.27. The standard InChI is InChI=1S/C17H17N3O2S/c1-11-10-14(19-17(23)18-12(2)21)8-9-15(11)20-16(22)13-6-4-3-5-7-13/h3-10H,1-2H3,(H,20,22)(H2,18,19,21,23). The zero-order chi connectivity index (χ0) is 16.8. The quantitative estimate of drug-likeness (QED) is 0.758. The Bertz CT molecular complexity index is 745. The van der Waals surface area contributed by atoms with Crippen LogP contribution in [0.15, 0.2) is 48.5 Å². The molecule has 0 saturated heterocycles. The topological polar surface area (TPSA) is 70.2 Å². The second kappa shape index (κ2) is 7.51. The normalized spacial score (nSPS) is 9.83. The van der Waals surface area contributed by atoms with Crippen molar-refractivity contribution in [2.45, 2.75) is 13.8 Å². The molecule has 0 aromatic heterocycles. The predicted octanol–water partition coefficient (Wildman–Crippen LogP) is 3.08. The van der Waals surface area contributed by atoms with Gasteiger partial charge < -0.3 is 16.0 Å². The van der Waals surface area contributed by atoms with Gasteiger partial charge >= 0.3 is 0 Å². The highest BCUT2D eigenvalue weighted by Crippen LogP contribution is 2.20. The summed E-state index contributed by atoms with van der Waals surface area (Å²) in [6.07, 6.45) is 0. The number of benzene rings is 2. The van der Waals surface area contributed by atoms with Crippen LogP contribution < -0.4 is 16.0 Å². The maximum absolute atomic E-state index is 12.2. The van der Waals surface area contributed by atoms with Gasteiger partial charge in [0.2, 0.25) is 5.91 Å². The van der Waals surface area contributed by atoms with E-state index in [4.69, 9.17) is 12.2 Å². The molecule has 0 aliphatic carbocycles. The van der Waals surface area contributed by atoms with Gasteiger partial charge in [0.1, 0.15) is 0 Å². The number of hydrogen-bond acceptors (Lipinski definition) is 3. The van der Waals surface area contributed by atoms with Crippen LogP contribution in [-0.2, 0) is 4.79 Å². The van der Waals surface area contributed by atoms with Gasteiger partial charge in [0.05, 0.1) is 0 Å². The van der Waals surface area contributed by atoms with Crippen molar-refractivity contribution in [3.63, 3.8) is 0 Å². The number of aryl methyl sites for hydroxylation is 1. The van der Waals surface area contributed by atoms with E-state index in [1.54, 1.807) is 24.3 Å². The average Bonchev–Trinajstić information content (AvgIpc) is 2.50. The molecule has 0 unspecified atom stereocenters. The van der Waals surface area contributed by atoms with Crippen LogP contribution in [0.2, 0.25) is 0 Å². The lowest BCUT2D eigenvalue weighted by molar-refractivity contribution is -0.117. The lowest BCUT2D eigenvalue weighted by Crippen LogP contribution is -2.32. The zero-order valence-corrected chi connectivity index (χ0v) is 13.7. The van der Waals surface area contributed by atoms with Crippen molar-refractivity contribution in [3.05, 3.63) is 59.7 Å². The SMILES string of the molecule is CC(=O)NC(=S)Nc1ccc(NC(=O)c2ccccc2)c(C)c1. The van der Waals surface area contributed by atoms with Crippen LogP contribution in [-0.4, -0.2) is 16.9 Å². The molecule has 0 aliphatic rings. The minimum Gasteiger partial charge on any atom is -0.332 e. The Labute approximate surface area is 140 Å². The van der Waals surface area contributed by atoms with Crippen molar-refractivity contribution in [2.24, 2.45) is 0 Å². The number of carbonyl (C=O) groups excluding carboxylic acids is 2. The van der Waals surface area contributed by atoms with Crippen molar-refractivity contribution < 1.29 is 9.59 Å². The number of hydrogen-bond donors (Lipinski definition) is 3. The summed E-state index contributed by atoms with van der Waals surface area (Å²) in [5.41, 5.74) is 2.93. The summed E-state index contributed by atoms with van der Waals surface area (Å²) < 4.78 is 0. The molecule has 118 valence electrons. The van der Waals surface area contributed by atoms with Crippen LogP contribution in [0.3, 0.4) is 0 Å². The molecule has 2 amide bonds. The molecular weight excluding hydrogens is 310 g/mol. The summed E-state index contributed by atoms with van der Waals surface area (Å²) in [4.78, 5) is 23.1. The van der Waals surface area contributed by atoms with Crippen LogP contribution in [0, 0.1) is 6.92 Å². The van der Waals surface area contributed by atoms with Gasteiger partial charge in [0, 0.05) is 23.9 Å². The first-order valence-electron chi connectivity index (χ1n) is 7.01. The van der Waals surface area contributed by atoms with E-state index in [0.29, 0.717) is 5.56 Å². The molecule has 0 heterocycles. The van der Waals surface area contributed by atoms with Crippen LogP contribution in [0.25, 0.3) is 0 Å². The Morgan fingerprint density at radius 2 is 1.70 bits per heavy atom. The first-order valence-corrected chi connectivity index (χ1v) is 7.42. The van der Waals surface area contributed by atoms with Gasteiger partial charge in [-0.2, -0.15) is 0 Å². The Kier molecular flexibility index (Phi) is 5.43. The average molecular weight is 327 g/mol. The molecule has 0 aliphatic heterocycles. The molecule has 2 rings (SSSR count). The lowest BCUT2D eigenvalue weighted by Gasteiger charge is -2.12. The Hall–Kier alpha value is -2.73. The molecule has 0 fully saturated rings. The Morgan fingerprint density at radius 3 is 2.30 bits per heavy atom. The van der Waals surface area contributed by atoms with Crippen molar-refractivity contribution in [3.8, 4) is 0 Å². The second-order valence-electron chi connectivity index (χ2n) is 4.99. The van der Waals surface area contributed by atoms with E-state index >= 15 is 0 Å². The fraction of sp³-hybridized carbons (Fsp3) is 0.118. The monoisotopic (exact) mass is 327 g/mol. The summed E-state index contributed by atoms with van der Waals surface area (Å²) in [5, 5.41) is 8.51. The van der Waals surface area contributed by atoms with Gasteiger partial charge in [0.15, 0.2) is 5.11 Å². The molecule has 0 saturated carbocycles. The highest BCUT2D eigenvalue weighted by Gasteiger charge is 2.08. The van der Waals surface area contributed by atoms with Gasteiger partial charge in [-0.15, -0.1) is 0 Å². The summed E-state index contributed by atoms with van der Waals surface area (Å²) in [5.74, 6) is -0.394. The molecule has 0 spiro atoms. The minimum atomic E-state index is -0.231. The molecule has 0 bridgehead atoms. The molecular formula is C17H17N3O2S. The molecule has 5 nitrogen and oxygen atoms in total. The van der Waals surface area contributed by atoms with Gasteiger partial charge in [-0.1, -0.05) is 18.2 Å². The van der Waals surface area contributed by atoms with Crippen LogP contribution in [0.4, 0.5) is 11.4 Å².